The number of hydrogen-bond acceptors (Lipinski definition) is 2. The van der Waals surface area contributed by atoms with Crippen LogP contribution in [0.5, 0.6) is 0 Å². The van der Waals surface area contributed by atoms with Crippen molar-refractivity contribution in [3.05, 3.63) is 42.5 Å². The Bertz CT molecular complexity index is 775. The van der Waals surface area contributed by atoms with Crippen molar-refractivity contribution in [3.8, 4) is 0 Å². The van der Waals surface area contributed by atoms with E-state index in [4.69, 9.17) is 0 Å². The average molecular weight is 322 g/mol. The Hall–Kier alpha value is -2.36. The first-order chi connectivity index (χ1) is 11.7. The smallest absolute Gasteiger partial charge is 0.229 e. The maximum Gasteiger partial charge on any atom is 0.229 e. The predicted octanol–water partition coefficient (Wildman–Crippen LogP) is 3.57. The SMILES string of the molecule is O=C(Nc1cccc2ccccc12)C1CC(=O)N(C2CCCC2)C1. The van der Waals surface area contributed by atoms with Crippen LogP contribution in [0.15, 0.2) is 42.5 Å². The molecule has 1 unspecified atom stereocenters. The van der Waals surface area contributed by atoms with E-state index >= 15 is 0 Å². The molecule has 4 nitrogen and oxygen atoms in total. The molecule has 1 aliphatic heterocycles. The van der Waals surface area contributed by atoms with Gasteiger partial charge in [0.25, 0.3) is 0 Å². The van der Waals surface area contributed by atoms with Gasteiger partial charge in [0.15, 0.2) is 0 Å². The molecule has 124 valence electrons. The normalized spacial score (nSPS) is 21.6. The van der Waals surface area contributed by atoms with E-state index in [1.165, 1.54) is 12.8 Å². The van der Waals surface area contributed by atoms with Gasteiger partial charge in [-0.25, -0.2) is 0 Å². The summed E-state index contributed by atoms with van der Waals surface area (Å²) in [4.78, 5) is 26.9. The number of hydrogen-bond donors (Lipinski definition) is 1. The molecular weight excluding hydrogens is 300 g/mol. The Morgan fingerprint density at radius 1 is 1.04 bits per heavy atom. The van der Waals surface area contributed by atoms with E-state index in [0.717, 1.165) is 29.3 Å². The van der Waals surface area contributed by atoms with E-state index in [0.29, 0.717) is 19.0 Å². The maximum atomic E-state index is 12.7. The zero-order chi connectivity index (χ0) is 16.5. The number of likely N-dealkylation sites (tertiary alicyclic amines) is 1. The van der Waals surface area contributed by atoms with Gasteiger partial charge in [-0.05, 0) is 24.3 Å². The van der Waals surface area contributed by atoms with Crippen molar-refractivity contribution in [2.24, 2.45) is 5.92 Å². The van der Waals surface area contributed by atoms with Crippen molar-refractivity contribution >= 4 is 28.3 Å². The van der Waals surface area contributed by atoms with Crippen LogP contribution in [0.1, 0.15) is 32.1 Å². The number of carbonyl (C=O) groups excluding carboxylic acids is 2. The fourth-order valence-corrected chi connectivity index (χ4v) is 4.05. The van der Waals surface area contributed by atoms with Crippen LogP contribution < -0.4 is 5.32 Å². The second-order valence-corrected chi connectivity index (χ2v) is 6.90. The lowest BCUT2D eigenvalue weighted by Gasteiger charge is -2.23. The number of fused-ring (bicyclic) bond motifs is 1. The molecule has 4 heteroatoms. The average Bonchev–Trinajstić information content (AvgIpc) is 3.24. The molecule has 2 aliphatic rings. The Morgan fingerprint density at radius 3 is 2.62 bits per heavy atom. The number of anilines is 1. The number of benzene rings is 2. The van der Waals surface area contributed by atoms with Crippen LogP contribution in [0.25, 0.3) is 10.8 Å². The Balaban J connectivity index is 1.49. The minimum atomic E-state index is -0.239. The summed E-state index contributed by atoms with van der Waals surface area (Å²) in [5.41, 5.74) is 0.824. The minimum absolute atomic E-state index is 0.0415. The molecular formula is C20H22N2O2. The molecule has 0 radical (unpaired) electrons. The van der Waals surface area contributed by atoms with Crippen LogP contribution in [-0.2, 0) is 9.59 Å². The Morgan fingerprint density at radius 2 is 1.79 bits per heavy atom. The van der Waals surface area contributed by atoms with Crippen LogP contribution >= 0.6 is 0 Å². The van der Waals surface area contributed by atoms with E-state index in [1.807, 2.05) is 47.4 Å². The highest BCUT2D eigenvalue weighted by atomic mass is 16.2. The fourth-order valence-electron chi connectivity index (χ4n) is 4.05. The van der Waals surface area contributed by atoms with E-state index < -0.39 is 0 Å². The van der Waals surface area contributed by atoms with E-state index in [1.54, 1.807) is 0 Å². The summed E-state index contributed by atoms with van der Waals surface area (Å²) in [6.07, 6.45) is 4.91. The molecule has 1 saturated carbocycles. The van der Waals surface area contributed by atoms with Crippen molar-refractivity contribution in [2.75, 3.05) is 11.9 Å². The van der Waals surface area contributed by atoms with Crippen LogP contribution in [0.4, 0.5) is 5.69 Å². The number of rotatable bonds is 3. The number of nitrogens with zero attached hydrogens (tertiary/aromatic N) is 1. The summed E-state index contributed by atoms with van der Waals surface area (Å²) in [6.45, 7) is 0.570. The highest BCUT2D eigenvalue weighted by Gasteiger charge is 2.38. The molecule has 2 aromatic carbocycles. The third kappa shape index (κ3) is 2.77. The van der Waals surface area contributed by atoms with Gasteiger partial charge in [-0.2, -0.15) is 0 Å². The standard InChI is InChI=1S/C20H22N2O2/c23-19-12-15(13-22(19)16-8-2-3-9-16)20(24)21-18-11-5-7-14-6-1-4-10-17(14)18/h1,4-7,10-11,15-16H,2-3,8-9,12-13H2,(H,21,24). The van der Waals surface area contributed by atoms with Gasteiger partial charge in [-0.3, -0.25) is 9.59 Å². The molecule has 0 spiro atoms. The summed E-state index contributed by atoms with van der Waals surface area (Å²) in [6, 6.07) is 14.3. The second-order valence-electron chi connectivity index (χ2n) is 6.90. The van der Waals surface area contributed by atoms with Crippen LogP contribution in [-0.4, -0.2) is 29.3 Å². The highest BCUT2D eigenvalue weighted by molar-refractivity contribution is 6.04. The van der Waals surface area contributed by atoms with Crippen molar-refractivity contribution in [1.82, 2.24) is 4.90 Å². The molecule has 0 bridgehead atoms. The molecule has 1 heterocycles. The highest BCUT2D eigenvalue weighted by Crippen LogP contribution is 2.30. The molecule has 2 fully saturated rings. The van der Waals surface area contributed by atoms with Crippen LogP contribution in [0.2, 0.25) is 0 Å². The predicted molar refractivity (Wildman–Crippen MR) is 94.7 cm³/mol. The lowest BCUT2D eigenvalue weighted by atomic mass is 10.1. The van der Waals surface area contributed by atoms with Gasteiger partial charge in [0.05, 0.1) is 5.92 Å². The third-order valence-electron chi connectivity index (χ3n) is 5.34. The zero-order valence-electron chi connectivity index (χ0n) is 13.7. The summed E-state index contributed by atoms with van der Waals surface area (Å²) >= 11 is 0. The minimum Gasteiger partial charge on any atom is -0.339 e. The lowest BCUT2D eigenvalue weighted by molar-refractivity contribution is -0.129. The monoisotopic (exact) mass is 322 g/mol. The number of carbonyl (C=O) groups is 2. The summed E-state index contributed by atoms with van der Waals surface area (Å²) in [7, 11) is 0. The molecule has 4 rings (SSSR count). The van der Waals surface area contributed by atoms with Gasteiger partial charge >= 0.3 is 0 Å². The first-order valence-electron chi connectivity index (χ1n) is 8.80. The van der Waals surface area contributed by atoms with Crippen molar-refractivity contribution in [2.45, 2.75) is 38.1 Å². The zero-order valence-corrected chi connectivity index (χ0v) is 13.7. The molecule has 0 aromatic heterocycles. The fraction of sp³-hybridized carbons (Fsp3) is 0.400. The summed E-state index contributed by atoms with van der Waals surface area (Å²) < 4.78 is 0. The van der Waals surface area contributed by atoms with Gasteiger partial charge in [0.1, 0.15) is 0 Å². The van der Waals surface area contributed by atoms with E-state index in [-0.39, 0.29) is 17.7 Å². The maximum absolute atomic E-state index is 12.7. The molecule has 1 aliphatic carbocycles. The molecule has 1 saturated heterocycles. The van der Waals surface area contributed by atoms with E-state index in [2.05, 4.69) is 5.32 Å². The lowest BCUT2D eigenvalue weighted by Crippen LogP contribution is -2.35. The number of amides is 2. The molecule has 1 atom stereocenters. The first kappa shape index (κ1) is 15.2. The van der Waals surface area contributed by atoms with Gasteiger partial charge in [0.2, 0.25) is 11.8 Å². The van der Waals surface area contributed by atoms with Crippen LogP contribution in [0, 0.1) is 5.92 Å². The number of nitrogens with one attached hydrogen (secondary N) is 1. The van der Waals surface area contributed by atoms with Crippen molar-refractivity contribution in [3.63, 3.8) is 0 Å². The third-order valence-corrected chi connectivity index (χ3v) is 5.34. The Kier molecular flexibility index (Phi) is 3.97. The van der Waals surface area contributed by atoms with Gasteiger partial charge in [-0.1, -0.05) is 49.2 Å². The topological polar surface area (TPSA) is 49.4 Å². The van der Waals surface area contributed by atoms with E-state index in [9.17, 15) is 9.59 Å². The molecule has 2 aromatic rings. The Labute approximate surface area is 141 Å². The molecule has 2 amide bonds. The quantitative estimate of drug-likeness (QED) is 0.939. The second kappa shape index (κ2) is 6.27. The van der Waals surface area contributed by atoms with Crippen molar-refractivity contribution < 1.29 is 9.59 Å². The molecule has 24 heavy (non-hydrogen) atoms. The van der Waals surface area contributed by atoms with Gasteiger partial charge in [-0.15, -0.1) is 0 Å². The van der Waals surface area contributed by atoms with Gasteiger partial charge < -0.3 is 10.2 Å². The molecule has 1 N–H and O–H groups in total. The largest absolute Gasteiger partial charge is 0.339 e. The van der Waals surface area contributed by atoms with Crippen LogP contribution in [0.3, 0.4) is 0 Å². The van der Waals surface area contributed by atoms with Gasteiger partial charge in [0, 0.05) is 30.1 Å². The summed E-state index contributed by atoms with van der Waals surface area (Å²) in [5, 5.41) is 5.18. The van der Waals surface area contributed by atoms with Crippen molar-refractivity contribution in [1.29, 1.82) is 0 Å². The summed E-state index contributed by atoms with van der Waals surface area (Å²) in [5.74, 6) is -0.141. The first-order valence-corrected chi connectivity index (χ1v) is 8.80.